The van der Waals surface area contributed by atoms with Gasteiger partial charge in [0, 0.05) is 37.3 Å². The molecule has 28 heavy (non-hydrogen) atoms. The Kier molecular flexibility index (Phi) is 5.10. The zero-order chi connectivity index (χ0) is 19.5. The molecule has 1 unspecified atom stereocenters. The predicted octanol–water partition coefficient (Wildman–Crippen LogP) is 2.75. The summed E-state index contributed by atoms with van der Waals surface area (Å²) in [5.41, 5.74) is 3.03. The molecule has 146 valence electrons. The molecule has 1 aliphatic rings. The Hall–Kier alpha value is -3.16. The lowest BCUT2D eigenvalue weighted by Crippen LogP contribution is -2.39. The minimum Gasteiger partial charge on any atom is -0.338 e. The Bertz CT molecular complexity index is 949. The largest absolute Gasteiger partial charge is 0.338 e. The van der Waals surface area contributed by atoms with Gasteiger partial charge in [0.05, 0.1) is 11.7 Å². The Labute approximate surface area is 163 Å². The fourth-order valence-electron chi connectivity index (χ4n) is 3.59. The van der Waals surface area contributed by atoms with Crippen LogP contribution in [0, 0.1) is 13.8 Å². The number of nitrogens with one attached hydrogen (secondary N) is 1. The van der Waals surface area contributed by atoms with Crippen molar-refractivity contribution in [3.05, 3.63) is 53.6 Å². The normalized spacial score (nSPS) is 16.5. The van der Waals surface area contributed by atoms with Crippen LogP contribution >= 0.6 is 0 Å². The van der Waals surface area contributed by atoms with E-state index < -0.39 is 0 Å². The number of benzene rings is 1. The maximum atomic E-state index is 12.5. The molecule has 3 heterocycles. The number of likely N-dealkylation sites (tertiary alicyclic amines) is 1. The maximum Gasteiger partial charge on any atom is 0.317 e. The number of aromatic nitrogens is 4. The lowest BCUT2D eigenvalue weighted by Gasteiger charge is -2.18. The summed E-state index contributed by atoms with van der Waals surface area (Å²) in [7, 11) is 0. The van der Waals surface area contributed by atoms with Gasteiger partial charge in [0.15, 0.2) is 5.82 Å². The number of urea groups is 1. The zero-order valence-electron chi connectivity index (χ0n) is 16.1. The number of aryl methyl sites for hydroxylation is 2. The Morgan fingerprint density at radius 1 is 1.29 bits per heavy atom. The number of carbonyl (C=O) groups excluding carboxylic acids is 1. The first-order valence-corrected chi connectivity index (χ1v) is 9.53. The first-order valence-electron chi connectivity index (χ1n) is 9.53. The summed E-state index contributed by atoms with van der Waals surface area (Å²) in [6.07, 6.45) is 1.44. The van der Waals surface area contributed by atoms with Gasteiger partial charge in [-0.1, -0.05) is 23.4 Å². The minimum atomic E-state index is -0.0594. The average molecular weight is 380 g/mol. The van der Waals surface area contributed by atoms with Crippen LogP contribution in [0.4, 0.5) is 4.79 Å². The van der Waals surface area contributed by atoms with E-state index in [2.05, 4.69) is 33.5 Å². The van der Waals surface area contributed by atoms with E-state index in [0.717, 1.165) is 29.9 Å². The molecule has 0 aliphatic carbocycles. The minimum absolute atomic E-state index is 0.0594. The van der Waals surface area contributed by atoms with Crippen molar-refractivity contribution in [3.63, 3.8) is 0 Å². The van der Waals surface area contributed by atoms with E-state index in [9.17, 15) is 4.79 Å². The summed E-state index contributed by atoms with van der Waals surface area (Å²) in [4.78, 5) is 18.7. The van der Waals surface area contributed by atoms with Crippen molar-refractivity contribution in [3.8, 4) is 11.5 Å². The van der Waals surface area contributed by atoms with Crippen molar-refractivity contribution in [2.45, 2.75) is 32.7 Å². The van der Waals surface area contributed by atoms with Crippen molar-refractivity contribution in [1.29, 1.82) is 0 Å². The van der Waals surface area contributed by atoms with E-state index in [1.165, 1.54) is 0 Å². The van der Waals surface area contributed by atoms with Gasteiger partial charge in [-0.2, -0.15) is 10.1 Å². The third-order valence-electron chi connectivity index (χ3n) is 4.95. The fraction of sp³-hybridized carbons (Fsp3) is 0.400. The molecule has 3 aromatic rings. The molecule has 2 amide bonds. The van der Waals surface area contributed by atoms with E-state index in [4.69, 9.17) is 4.52 Å². The van der Waals surface area contributed by atoms with E-state index in [0.29, 0.717) is 31.2 Å². The van der Waals surface area contributed by atoms with Crippen molar-refractivity contribution in [2.24, 2.45) is 0 Å². The van der Waals surface area contributed by atoms with Gasteiger partial charge in [-0.3, -0.25) is 4.68 Å². The van der Waals surface area contributed by atoms with Crippen LogP contribution in [-0.2, 0) is 6.42 Å². The molecule has 0 radical (unpaired) electrons. The lowest BCUT2D eigenvalue weighted by atomic mass is 10.2. The van der Waals surface area contributed by atoms with E-state index in [1.54, 1.807) is 0 Å². The molecule has 1 atom stereocenters. The molecule has 0 saturated carbocycles. The van der Waals surface area contributed by atoms with Crippen LogP contribution in [0.3, 0.4) is 0 Å². The standard InChI is InChI=1S/C20H24N6O2/c1-14-12-15(2)26(23-14)17-9-11-25(13-17)20(27)21-10-8-18-22-19(28-24-18)16-6-4-3-5-7-16/h3-7,12,17H,8-11,13H2,1-2H3,(H,21,27). The fourth-order valence-corrected chi connectivity index (χ4v) is 3.59. The van der Waals surface area contributed by atoms with Gasteiger partial charge in [0.25, 0.3) is 5.89 Å². The second kappa shape index (κ2) is 7.84. The van der Waals surface area contributed by atoms with Crippen LogP contribution in [0.15, 0.2) is 40.9 Å². The molecule has 1 aliphatic heterocycles. The smallest absolute Gasteiger partial charge is 0.317 e. The van der Waals surface area contributed by atoms with Crippen LogP contribution in [-0.4, -0.2) is 50.5 Å². The average Bonchev–Trinajstić information content (AvgIpc) is 3.42. The summed E-state index contributed by atoms with van der Waals surface area (Å²) in [5, 5.41) is 11.5. The van der Waals surface area contributed by atoms with Crippen LogP contribution < -0.4 is 5.32 Å². The predicted molar refractivity (Wildman–Crippen MR) is 104 cm³/mol. The SMILES string of the molecule is Cc1cc(C)n(C2CCN(C(=O)NCCc3noc(-c4ccccc4)n3)C2)n1. The van der Waals surface area contributed by atoms with Gasteiger partial charge in [-0.15, -0.1) is 0 Å². The van der Waals surface area contributed by atoms with Crippen molar-refractivity contribution >= 4 is 6.03 Å². The van der Waals surface area contributed by atoms with Gasteiger partial charge < -0.3 is 14.7 Å². The quantitative estimate of drug-likeness (QED) is 0.735. The van der Waals surface area contributed by atoms with Gasteiger partial charge in [-0.05, 0) is 38.5 Å². The van der Waals surface area contributed by atoms with Crippen molar-refractivity contribution < 1.29 is 9.32 Å². The molecule has 8 heteroatoms. The first kappa shape index (κ1) is 18.2. The van der Waals surface area contributed by atoms with Gasteiger partial charge >= 0.3 is 6.03 Å². The molecule has 1 aromatic carbocycles. The van der Waals surface area contributed by atoms with Crippen molar-refractivity contribution in [1.82, 2.24) is 30.1 Å². The van der Waals surface area contributed by atoms with E-state index in [-0.39, 0.29) is 12.1 Å². The first-order chi connectivity index (χ1) is 13.6. The molecular formula is C20H24N6O2. The molecule has 8 nitrogen and oxygen atoms in total. The van der Waals surface area contributed by atoms with Crippen LogP contribution in [0.2, 0.25) is 0 Å². The van der Waals surface area contributed by atoms with Crippen molar-refractivity contribution in [2.75, 3.05) is 19.6 Å². The Morgan fingerprint density at radius 3 is 2.86 bits per heavy atom. The highest BCUT2D eigenvalue weighted by Crippen LogP contribution is 2.23. The molecule has 2 aromatic heterocycles. The second-order valence-electron chi connectivity index (χ2n) is 7.12. The monoisotopic (exact) mass is 380 g/mol. The highest BCUT2D eigenvalue weighted by molar-refractivity contribution is 5.74. The Balaban J connectivity index is 1.26. The lowest BCUT2D eigenvalue weighted by molar-refractivity contribution is 0.207. The maximum absolute atomic E-state index is 12.5. The molecule has 1 N–H and O–H groups in total. The summed E-state index contributed by atoms with van der Waals surface area (Å²) in [6, 6.07) is 11.9. The van der Waals surface area contributed by atoms with Gasteiger partial charge in [0.2, 0.25) is 0 Å². The summed E-state index contributed by atoms with van der Waals surface area (Å²) < 4.78 is 7.33. The second-order valence-corrected chi connectivity index (χ2v) is 7.12. The molecular weight excluding hydrogens is 356 g/mol. The summed E-state index contributed by atoms with van der Waals surface area (Å²) in [6.45, 7) is 5.92. The molecule has 0 spiro atoms. The van der Waals surface area contributed by atoms with Crippen LogP contribution in [0.5, 0.6) is 0 Å². The van der Waals surface area contributed by atoms with Gasteiger partial charge in [-0.25, -0.2) is 4.79 Å². The van der Waals surface area contributed by atoms with Crippen LogP contribution in [0.25, 0.3) is 11.5 Å². The number of amides is 2. The number of carbonyl (C=O) groups is 1. The number of nitrogens with zero attached hydrogens (tertiary/aromatic N) is 5. The van der Waals surface area contributed by atoms with E-state index >= 15 is 0 Å². The highest BCUT2D eigenvalue weighted by Gasteiger charge is 2.28. The third kappa shape index (κ3) is 3.90. The number of hydrogen-bond acceptors (Lipinski definition) is 5. The molecule has 1 fully saturated rings. The molecule has 4 rings (SSSR count). The third-order valence-corrected chi connectivity index (χ3v) is 4.95. The number of rotatable bonds is 5. The highest BCUT2D eigenvalue weighted by atomic mass is 16.5. The topological polar surface area (TPSA) is 89.1 Å². The van der Waals surface area contributed by atoms with Gasteiger partial charge in [0.1, 0.15) is 0 Å². The number of hydrogen-bond donors (Lipinski definition) is 1. The summed E-state index contributed by atoms with van der Waals surface area (Å²) >= 11 is 0. The molecule has 0 bridgehead atoms. The zero-order valence-corrected chi connectivity index (χ0v) is 16.1. The van der Waals surface area contributed by atoms with E-state index in [1.807, 2.05) is 46.8 Å². The Morgan fingerprint density at radius 2 is 2.11 bits per heavy atom. The summed E-state index contributed by atoms with van der Waals surface area (Å²) in [5.74, 6) is 1.08. The molecule has 1 saturated heterocycles. The van der Waals surface area contributed by atoms with Crippen LogP contribution in [0.1, 0.15) is 29.7 Å².